The number of aromatic nitrogens is 1. The summed E-state index contributed by atoms with van der Waals surface area (Å²) >= 11 is 9.97. The van der Waals surface area contributed by atoms with Gasteiger partial charge in [0.1, 0.15) is 0 Å². The third-order valence-electron chi connectivity index (χ3n) is 6.80. The highest BCUT2D eigenvalue weighted by atomic mass is 35.5. The van der Waals surface area contributed by atoms with E-state index in [2.05, 4.69) is 15.6 Å². The lowest BCUT2D eigenvalue weighted by Crippen LogP contribution is -2.43. The van der Waals surface area contributed by atoms with E-state index >= 15 is 0 Å². The monoisotopic (exact) mass is 535 g/mol. The molecule has 2 N–H and O–H groups in total. The van der Waals surface area contributed by atoms with Gasteiger partial charge >= 0.3 is 11.9 Å². The van der Waals surface area contributed by atoms with Crippen LogP contribution in [0.4, 0.5) is 5.13 Å². The predicted octanol–water partition coefficient (Wildman–Crippen LogP) is 5.26. The van der Waals surface area contributed by atoms with Gasteiger partial charge in [-0.15, -0.1) is 23.1 Å². The van der Waals surface area contributed by atoms with Gasteiger partial charge in [-0.25, -0.2) is 4.98 Å². The number of rotatable bonds is 6. The SMILES string of the molecule is O=C1CCC(=O)OC2(CNCCc3c2ccc(Cl)c3SCc2cnc(NCC3CCCCC3)s2)O1. The number of benzene rings is 1. The van der Waals surface area contributed by atoms with E-state index in [9.17, 15) is 9.59 Å². The van der Waals surface area contributed by atoms with Crippen molar-refractivity contribution >= 4 is 51.8 Å². The highest BCUT2D eigenvalue weighted by molar-refractivity contribution is 7.98. The number of carbonyl (C=O) groups excluding carboxylic acids is 2. The van der Waals surface area contributed by atoms with E-state index in [1.165, 1.54) is 32.1 Å². The lowest BCUT2D eigenvalue weighted by molar-refractivity contribution is -0.225. The van der Waals surface area contributed by atoms with Crippen LogP contribution in [-0.4, -0.2) is 36.6 Å². The minimum absolute atomic E-state index is 0.0214. The van der Waals surface area contributed by atoms with Gasteiger partial charge in [0.05, 0.1) is 24.4 Å². The van der Waals surface area contributed by atoms with E-state index in [4.69, 9.17) is 21.1 Å². The Morgan fingerprint density at radius 3 is 2.69 bits per heavy atom. The molecule has 1 aromatic heterocycles. The second-order valence-corrected chi connectivity index (χ2v) is 11.8. The number of thioether (sulfide) groups is 1. The van der Waals surface area contributed by atoms with Crippen molar-refractivity contribution in [1.29, 1.82) is 0 Å². The molecule has 35 heavy (non-hydrogen) atoms. The van der Waals surface area contributed by atoms with Crippen LogP contribution in [0.5, 0.6) is 0 Å². The maximum absolute atomic E-state index is 12.3. The van der Waals surface area contributed by atoms with Crippen LogP contribution in [0.15, 0.2) is 23.2 Å². The third-order valence-corrected chi connectivity index (χ3v) is 9.58. The van der Waals surface area contributed by atoms with Gasteiger partial charge in [-0.05, 0) is 49.4 Å². The van der Waals surface area contributed by atoms with Crippen LogP contribution in [-0.2, 0) is 37.0 Å². The summed E-state index contributed by atoms with van der Waals surface area (Å²) in [6.45, 7) is 1.87. The molecule has 2 fully saturated rings. The van der Waals surface area contributed by atoms with E-state index in [0.717, 1.165) is 38.7 Å². The fourth-order valence-corrected chi connectivity index (χ4v) is 7.34. The van der Waals surface area contributed by atoms with Crippen LogP contribution >= 0.6 is 34.7 Å². The van der Waals surface area contributed by atoms with Gasteiger partial charge in [0, 0.05) is 33.8 Å². The fourth-order valence-electron chi connectivity index (χ4n) is 5.02. The summed E-state index contributed by atoms with van der Waals surface area (Å²) in [7, 11) is 0. The second-order valence-electron chi connectivity index (χ2n) is 9.34. The Labute approximate surface area is 218 Å². The minimum Gasteiger partial charge on any atom is -0.416 e. The third kappa shape index (κ3) is 5.79. The first-order valence-electron chi connectivity index (χ1n) is 12.3. The molecular formula is C25H30ClN3O4S2. The van der Waals surface area contributed by atoms with Crippen LogP contribution in [0, 0.1) is 5.92 Å². The number of esters is 2. The van der Waals surface area contributed by atoms with Crippen molar-refractivity contribution in [2.45, 2.75) is 67.8 Å². The predicted molar refractivity (Wildman–Crippen MR) is 138 cm³/mol. The van der Waals surface area contributed by atoms with Crippen LogP contribution in [0.25, 0.3) is 0 Å². The average Bonchev–Trinajstić information content (AvgIpc) is 3.17. The standard InChI is InChI=1S/C25H30ClN3O4S2/c26-20-7-6-19-18(10-11-27-15-25(19)32-21(30)8-9-22(31)33-25)23(20)34-14-17-13-29-24(35-17)28-12-16-4-2-1-3-5-16/h6-7,13,16,27H,1-5,8-12,14-15H2,(H,28,29). The van der Waals surface area contributed by atoms with Crippen molar-refractivity contribution in [3.05, 3.63) is 39.4 Å². The molecule has 2 aliphatic heterocycles. The maximum atomic E-state index is 12.3. The number of anilines is 1. The van der Waals surface area contributed by atoms with Crippen molar-refractivity contribution in [1.82, 2.24) is 10.3 Å². The molecule has 0 bridgehead atoms. The summed E-state index contributed by atoms with van der Waals surface area (Å²) in [5, 5.41) is 8.39. The van der Waals surface area contributed by atoms with Crippen molar-refractivity contribution in [2.24, 2.45) is 5.92 Å². The van der Waals surface area contributed by atoms with Crippen LogP contribution in [0.3, 0.4) is 0 Å². The topological polar surface area (TPSA) is 89.6 Å². The van der Waals surface area contributed by atoms with Crippen molar-refractivity contribution in [3.63, 3.8) is 0 Å². The largest absolute Gasteiger partial charge is 0.416 e. The summed E-state index contributed by atoms with van der Waals surface area (Å²) in [5.74, 6) is -0.868. The number of nitrogens with one attached hydrogen (secondary N) is 2. The Balaban J connectivity index is 1.33. The van der Waals surface area contributed by atoms with Gasteiger partial charge in [-0.3, -0.25) is 9.59 Å². The fraction of sp³-hybridized carbons (Fsp3) is 0.560. The van der Waals surface area contributed by atoms with Crippen molar-refractivity contribution < 1.29 is 19.1 Å². The minimum atomic E-state index is -1.46. The highest BCUT2D eigenvalue weighted by Crippen LogP contribution is 2.42. The summed E-state index contributed by atoms with van der Waals surface area (Å²) in [6, 6.07) is 3.62. The molecule has 0 atom stereocenters. The summed E-state index contributed by atoms with van der Waals surface area (Å²) in [5.41, 5.74) is 1.65. The number of fused-ring (bicyclic) bond motifs is 2. The number of ether oxygens (including phenoxy) is 2. The molecule has 0 radical (unpaired) electrons. The van der Waals surface area contributed by atoms with E-state index in [0.29, 0.717) is 23.6 Å². The number of halogens is 1. The molecule has 188 valence electrons. The van der Waals surface area contributed by atoms with Crippen LogP contribution < -0.4 is 10.6 Å². The molecule has 3 heterocycles. The molecule has 2 aromatic rings. The molecule has 1 aliphatic carbocycles. The summed E-state index contributed by atoms with van der Waals surface area (Å²) in [4.78, 5) is 31.3. The summed E-state index contributed by atoms with van der Waals surface area (Å²) in [6.07, 6.45) is 9.30. The summed E-state index contributed by atoms with van der Waals surface area (Å²) < 4.78 is 11.5. The van der Waals surface area contributed by atoms with E-state index in [1.54, 1.807) is 29.2 Å². The zero-order valence-electron chi connectivity index (χ0n) is 19.6. The highest BCUT2D eigenvalue weighted by Gasteiger charge is 2.46. The number of hydrogen-bond donors (Lipinski definition) is 2. The van der Waals surface area contributed by atoms with Crippen LogP contribution in [0.2, 0.25) is 5.02 Å². The smallest absolute Gasteiger partial charge is 0.309 e. The molecule has 10 heteroatoms. The molecular weight excluding hydrogens is 506 g/mol. The lowest BCUT2D eigenvalue weighted by atomic mass is 9.89. The second kappa shape index (κ2) is 11.1. The first-order valence-corrected chi connectivity index (χ1v) is 14.5. The number of carbonyl (C=O) groups is 2. The van der Waals surface area contributed by atoms with Crippen molar-refractivity contribution in [3.8, 4) is 0 Å². The van der Waals surface area contributed by atoms with Gasteiger partial charge < -0.3 is 20.1 Å². The molecule has 1 saturated carbocycles. The van der Waals surface area contributed by atoms with Crippen LogP contribution in [0.1, 0.15) is 60.9 Å². The van der Waals surface area contributed by atoms with Crippen molar-refractivity contribution in [2.75, 3.05) is 25.0 Å². The zero-order chi connectivity index (χ0) is 24.3. The lowest BCUT2D eigenvalue weighted by Gasteiger charge is -2.32. The Kier molecular flexibility index (Phi) is 7.86. The molecule has 1 saturated heterocycles. The normalized spacial score (nSPS) is 20.5. The Hall–Kier alpha value is -1.81. The van der Waals surface area contributed by atoms with Gasteiger partial charge in [-0.1, -0.05) is 30.9 Å². The maximum Gasteiger partial charge on any atom is 0.309 e. The first kappa shape index (κ1) is 24.9. The average molecular weight is 536 g/mol. The van der Waals surface area contributed by atoms with E-state index < -0.39 is 17.7 Å². The van der Waals surface area contributed by atoms with E-state index in [1.807, 2.05) is 12.3 Å². The molecule has 0 amide bonds. The Morgan fingerprint density at radius 2 is 1.91 bits per heavy atom. The van der Waals surface area contributed by atoms with E-state index in [-0.39, 0.29) is 19.4 Å². The first-order chi connectivity index (χ1) is 17.0. The molecule has 1 spiro atoms. The molecule has 3 aliphatic rings. The van der Waals surface area contributed by atoms with Gasteiger partial charge in [0.15, 0.2) is 5.13 Å². The quantitative estimate of drug-likeness (QED) is 0.382. The Morgan fingerprint density at radius 1 is 1.14 bits per heavy atom. The number of nitrogens with zero attached hydrogens (tertiary/aromatic N) is 1. The molecule has 5 rings (SSSR count). The molecule has 0 unspecified atom stereocenters. The molecule has 7 nitrogen and oxygen atoms in total. The van der Waals surface area contributed by atoms with Gasteiger partial charge in [0.2, 0.25) is 0 Å². The number of thiazole rings is 1. The number of hydrogen-bond acceptors (Lipinski definition) is 9. The zero-order valence-corrected chi connectivity index (χ0v) is 22.0. The van der Waals surface area contributed by atoms with Gasteiger partial charge in [0.25, 0.3) is 5.79 Å². The Bertz CT molecular complexity index is 1070. The molecule has 1 aromatic carbocycles. The van der Waals surface area contributed by atoms with Gasteiger partial charge in [-0.2, -0.15) is 0 Å².